The van der Waals surface area contributed by atoms with Gasteiger partial charge in [-0.05, 0) is 51.0 Å². The molecular weight excluding hydrogens is 294 g/mol. The smallest absolute Gasteiger partial charge is 0.122 e. The number of hydrogen-bond donors (Lipinski definition) is 1. The Balaban J connectivity index is 2.57. The van der Waals surface area contributed by atoms with Gasteiger partial charge in [0.1, 0.15) is 12.4 Å². The van der Waals surface area contributed by atoms with Crippen molar-refractivity contribution in [2.75, 3.05) is 13.2 Å². The molecule has 0 heterocycles. The van der Waals surface area contributed by atoms with E-state index in [0.29, 0.717) is 13.2 Å². The van der Waals surface area contributed by atoms with Crippen LogP contribution in [-0.2, 0) is 11.2 Å². The van der Waals surface area contributed by atoms with Crippen LogP contribution in [0.15, 0.2) is 22.7 Å². The predicted octanol–water partition coefficient (Wildman–Crippen LogP) is 3.14. The van der Waals surface area contributed by atoms with Gasteiger partial charge in [-0.2, -0.15) is 0 Å². The highest BCUT2D eigenvalue weighted by molar-refractivity contribution is 9.10. The first-order valence-electron chi connectivity index (χ1n) is 6.27. The van der Waals surface area contributed by atoms with Gasteiger partial charge in [-0.3, -0.25) is 0 Å². The average Bonchev–Trinajstić information content (AvgIpc) is 2.25. The second-order valence-corrected chi connectivity index (χ2v) is 5.62. The Kier molecular flexibility index (Phi) is 6.68. The molecule has 0 aromatic heterocycles. The third-order valence-electron chi connectivity index (χ3n) is 2.36. The molecule has 2 N–H and O–H groups in total. The minimum absolute atomic E-state index is 0.119. The first-order chi connectivity index (χ1) is 8.49. The van der Waals surface area contributed by atoms with E-state index in [4.69, 9.17) is 15.2 Å². The first kappa shape index (κ1) is 15.5. The number of halogens is 1. The minimum Gasteiger partial charge on any atom is -0.491 e. The van der Waals surface area contributed by atoms with Crippen LogP contribution in [-0.4, -0.2) is 25.4 Å². The Labute approximate surface area is 118 Å². The van der Waals surface area contributed by atoms with Crippen LogP contribution in [0.5, 0.6) is 5.75 Å². The van der Waals surface area contributed by atoms with E-state index in [1.807, 2.05) is 32.9 Å². The molecule has 0 radical (unpaired) electrons. The second kappa shape index (κ2) is 7.77. The lowest BCUT2D eigenvalue weighted by molar-refractivity contribution is 0.0550. The fraction of sp³-hybridized carbons (Fsp3) is 0.571. The average molecular weight is 316 g/mol. The number of ether oxygens (including phenoxy) is 2. The highest BCUT2D eigenvalue weighted by Crippen LogP contribution is 2.24. The molecule has 18 heavy (non-hydrogen) atoms. The summed E-state index contributed by atoms with van der Waals surface area (Å²) in [5.41, 5.74) is 6.97. The zero-order chi connectivity index (χ0) is 13.5. The molecule has 102 valence electrons. The number of hydrogen-bond acceptors (Lipinski definition) is 3. The van der Waals surface area contributed by atoms with Crippen LogP contribution in [0, 0.1) is 0 Å². The van der Waals surface area contributed by atoms with Gasteiger partial charge in [0.15, 0.2) is 0 Å². The standard InChI is InChI=1S/C14H22BrNO2/c1-10(2)17-6-7-18-14-5-4-13(15)9-12(14)8-11(3)16/h4-5,9-11H,6-8,16H2,1-3H3. The van der Waals surface area contributed by atoms with Crippen molar-refractivity contribution < 1.29 is 9.47 Å². The van der Waals surface area contributed by atoms with Gasteiger partial charge in [-0.15, -0.1) is 0 Å². The third-order valence-corrected chi connectivity index (χ3v) is 2.85. The maximum absolute atomic E-state index is 5.84. The lowest BCUT2D eigenvalue weighted by Gasteiger charge is -2.14. The first-order valence-corrected chi connectivity index (χ1v) is 7.06. The molecule has 0 aliphatic rings. The molecule has 0 amide bonds. The molecule has 0 bridgehead atoms. The van der Waals surface area contributed by atoms with E-state index in [1.54, 1.807) is 0 Å². The third kappa shape index (κ3) is 5.85. The fourth-order valence-electron chi connectivity index (χ4n) is 1.63. The molecule has 0 spiro atoms. The highest BCUT2D eigenvalue weighted by Gasteiger charge is 2.07. The number of rotatable bonds is 7. The predicted molar refractivity (Wildman–Crippen MR) is 78.1 cm³/mol. The van der Waals surface area contributed by atoms with E-state index in [-0.39, 0.29) is 12.1 Å². The Morgan fingerprint density at radius 2 is 1.94 bits per heavy atom. The van der Waals surface area contributed by atoms with E-state index in [9.17, 15) is 0 Å². The van der Waals surface area contributed by atoms with Crippen LogP contribution in [0.4, 0.5) is 0 Å². The van der Waals surface area contributed by atoms with Crippen molar-refractivity contribution in [2.24, 2.45) is 5.73 Å². The summed E-state index contributed by atoms with van der Waals surface area (Å²) >= 11 is 3.47. The molecule has 0 saturated carbocycles. The quantitative estimate of drug-likeness (QED) is 0.786. The maximum atomic E-state index is 5.84. The van der Waals surface area contributed by atoms with Crippen molar-refractivity contribution in [1.29, 1.82) is 0 Å². The second-order valence-electron chi connectivity index (χ2n) is 4.70. The molecule has 0 aliphatic carbocycles. The molecule has 0 fully saturated rings. The van der Waals surface area contributed by atoms with Crippen molar-refractivity contribution in [1.82, 2.24) is 0 Å². The zero-order valence-corrected chi connectivity index (χ0v) is 12.9. The molecular formula is C14H22BrNO2. The molecule has 1 unspecified atom stereocenters. The summed E-state index contributed by atoms with van der Waals surface area (Å²) in [6.45, 7) is 7.19. The summed E-state index contributed by atoms with van der Waals surface area (Å²) in [6.07, 6.45) is 1.04. The van der Waals surface area contributed by atoms with Gasteiger partial charge in [0.05, 0.1) is 12.7 Å². The number of benzene rings is 1. The molecule has 0 aliphatic heterocycles. The van der Waals surface area contributed by atoms with Crippen molar-refractivity contribution in [3.05, 3.63) is 28.2 Å². The van der Waals surface area contributed by atoms with Crippen LogP contribution >= 0.6 is 15.9 Å². The van der Waals surface area contributed by atoms with Crippen molar-refractivity contribution in [2.45, 2.75) is 39.3 Å². The van der Waals surface area contributed by atoms with Gasteiger partial charge in [0, 0.05) is 10.5 Å². The van der Waals surface area contributed by atoms with E-state index < -0.39 is 0 Å². The molecule has 0 saturated heterocycles. The van der Waals surface area contributed by atoms with Crippen LogP contribution in [0.2, 0.25) is 0 Å². The monoisotopic (exact) mass is 315 g/mol. The molecule has 4 heteroatoms. The molecule has 1 atom stereocenters. The Hall–Kier alpha value is -0.580. The maximum Gasteiger partial charge on any atom is 0.122 e. The van der Waals surface area contributed by atoms with E-state index in [0.717, 1.165) is 22.2 Å². The fourth-order valence-corrected chi connectivity index (χ4v) is 2.04. The molecule has 1 aromatic carbocycles. The van der Waals surface area contributed by atoms with Gasteiger partial charge in [-0.1, -0.05) is 15.9 Å². The van der Waals surface area contributed by atoms with Gasteiger partial charge in [-0.25, -0.2) is 0 Å². The van der Waals surface area contributed by atoms with E-state index >= 15 is 0 Å². The zero-order valence-electron chi connectivity index (χ0n) is 11.3. The van der Waals surface area contributed by atoms with Crippen LogP contribution in [0.1, 0.15) is 26.3 Å². The van der Waals surface area contributed by atoms with E-state index in [2.05, 4.69) is 22.0 Å². The van der Waals surface area contributed by atoms with Crippen LogP contribution in [0.3, 0.4) is 0 Å². The lowest BCUT2D eigenvalue weighted by atomic mass is 10.1. The largest absolute Gasteiger partial charge is 0.491 e. The number of nitrogens with two attached hydrogens (primary N) is 1. The molecule has 1 aromatic rings. The summed E-state index contributed by atoms with van der Waals surface area (Å²) < 4.78 is 12.2. The van der Waals surface area contributed by atoms with Crippen molar-refractivity contribution >= 4 is 15.9 Å². The Morgan fingerprint density at radius 3 is 2.56 bits per heavy atom. The lowest BCUT2D eigenvalue weighted by Crippen LogP contribution is -2.19. The van der Waals surface area contributed by atoms with E-state index in [1.165, 1.54) is 0 Å². The van der Waals surface area contributed by atoms with Gasteiger partial charge < -0.3 is 15.2 Å². The topological polar surface area (TPSA) is 44.5 Å². The van der Waals surface area contributed by atoms with Gasteiger partial charge >= 0.3 is 0 Å². The van der Waals surface area contributed by atoms with Crippen LogP contribution < -0.4 is 10.5 Å². The summed E-state index contributed by atoms with van der Waals surface area (Å²) in [6, 6.07) is 6.12. The highest BCUT2D eigenvalue weighted by atomic mass is 79.9. The molecule has 1 rings (SSSR count). The molecule has 3 nitrogen and oxygen atoms in total. The van der Waals surface area contributed by atoms with Gasteiger partial charge in [0.25, 0.3) is 0 Å². The minimum atomic E-state index is 0.119. The summed E-state index contributed by atoms with van der Waals surface area (Å²) in [7, 11) is 0. The summed E-state index contributed by atoms with van der Waals surface area (Å²) in [5.74, 6) is 0.892. The van der Waals surface area contributed by atoms with Crippen molar-refractivity contribution in [3.63, 3.8) is 0 Å². The van der Waals surface area contributed by atoms with Gasteiger partial charge in [0.2, 0.25) is 0 Å². The van der Waals surface area contributed by atoms with Crippen molar-refractivity contribution in [3.8, 4) is 5.75 Å². The van der Waals surface area contributed by atoms with Crippen LogP contribution in [0.25, 0.3) is 0 Å². The normalized spacial score (nSPS) is 12.8. The summed E-state index contributed by atoms with van der Waals surface area (Å²) in [5, 5.41) is 0. The Morgan fingerprint density at radius 1 is 1.22 bits per heavy atom. The summed E-state index contributed by atoms with van der Waals surface area (Å²) in [4.78, 5) is 0. The SMILES string of the molecule is CC(N)Cc1cc(Br)ccc1OCCOC(C)C. The Bertz CT molecular complexity index is 367.